The zero-order valence-electron chi connectivity index (χ0n) is 9.41. The number of epoxide rings is 1. The van der Waals surface area contributed by atoms with Gasteiger partial charge in [-0.1, -0.05) is 60.7 Å². The first-order valence-corrected chi connectivity index (χ1v) is 5.77. The Morgan fingerprint density at radius 3 is 1.65 bits per heavy atom. The van der Waals surface area contributed by atoms with Gasteiger partial charge in [0.25, 0.3) is 0 Å². The summed E-state index contributed by atoms with van der Waals surface area (Å²) < 4.78 is 5.33. The average Bonchev–Trinajstić information content (AvgIpc) is 3.24. The van der Waals surface area contributed by atoms with Crippen molar-refractivity contribution >= 4 is 0 Å². The lowest BCUT2D eigenvalue weighted by Crippen LogP contribution is -2.33. The Bertz CT molecular complexity index is 449. The van der Waals surface area contributed by atoms with Crippen LogP contribution < -0.4 is 0 Å². The largest absolute Gasteiger partial charge is 0.378 e. The molecular weight excluding hydrogens is 212 g/mol. The van der Waals surface area contributed by atoms with Crippen LogP contribution in [0.5, 0.6) is 0 Å². The summed E-state index contributed by atoms with van der Waals surface area (Å²) in [6, 6.07) is 19.4. The van der Waals surface area contributed by atoms with Gasteiger partial charge in [-0.2, -0.15) is 0 Å². The molecule has 0 radical (unpaired) electrons. The Morgan fingerprint density at radius 1 is 0.882 bits per heavy atom. The van der Waals surface area contributed by atoms with E-state index in [0.29, 0.717) is 6.61 Å². The highest BCUT2D eigenvalue weighted by Crippen LogP contribution is 2.39. The molecule has 0 aliphatic carbocycles. The maximum atomic E-state index is 11.0. The first kappa shape index (κ1) is 10.5. The van der Waals surface area contributed by atoms with E-state index in [4.69, 9.17) is 4.74 Å². The van der Waals surface area contributed by atoms with Crippen molar-refractivity contribution in [3.8, 4) is 0 Å². The predicted octanol–water partition coefficient (Wildman–Crippen LogP) is 2.32. The molecule has 1 aliphatic rings. The van der Waals surface area contributed by atoms with Crippen LogP contribution in [-0.4, -0.2) is 17.8 Å². The maximum Gasteiger partial charge on any atom is 0.143 e. The van der Waals surface area contributed by atoms with Gasteiger partial charge in [-0.25, -0.2) is 0 Å². The molecule has 1 N–H and O–H groups in total. The summed E-state index contributed by atoms with van der Waals surface area (Å²) in [5.74, 6) is 0. The summed E-state index contributed by atoms with van der Waals surface area (Å²) in [5, 5.41) is 11.0. The fourth-order valence-corrected chi connectivity index (χ4v) is 2.21. The molecule has 2 heteroatoms. The smallest absolute Gasteiger partial charge is 0.143 e. The van der Waals surface area contributed by atoms with Gasteiger partial charge in [-0.05, 0) is 11.1 Å². The maximum absolute atomic E-state index is 11.0. The highest BCUT2D eigenvalue weighted by Gasteiger charge is 2.48. The minimum atomic E-state index is -1.03. The molecule has 0 spiro atoms. The molecule has 2 nitrogen and oxygen atoms in total. The summed E-state index contributed by atoms with van der Waals surface area (Å²) in [4.78, 5) is 0. The van der Waals surface area contributed by atoms with Crippen LogP contribution in [-0.2, 0) is 10.3 Å². The number of hydrogen-bond donors (Lipinski definition) is 1. The Hall–Kier alpha value is -1.64. The molecule has 1 fully saturated rings. The van der Waals surface area contributed by atoms with Crippen LogP contribution in [0.3, 0.4) is 0 Å². The molecule has 3 rings (SSSR count). The van der Waals surface area contributed by atoms with Gasteiger partial charge in [0.2, 0.25) is 0 Å². The molecular formula is C15H14O2. The van der Waals surface area contributed by atoms with Gasteiger partial charge in [-0.3, -0.25) is 0 Å². The van der Waals surface area contributed by atoms with Crippen molar-refractivity contribution in [1.82, 2.24) is 0 Å². The van der Waals surface area contributed by atoms with Gasteiger partial charge in [0.15, 0.2) is 0 Å². The lowest BCUT2D eigenvalue weighted by molar-refractivity contribution is 0.0477. The number of hydrogen-bond acceptors (Lipinski definition) is 2. The molecule has 0 saturated carbocycles. The van der Waals surface area contributed by atoms with Crippen molar-refractivity contribution in [1.29, 1.82) is 0 Å². The Balaban J connectivity index is 2.11. The molecule has 1 aliphatic heterocycles. The molecule has 1 unspecified atom stereocenters. The lowest BCUT2D eigenvalue weighted by Gasteiger charge is -2.27. The summed E-state index contributed by atoms with van der Waals surface area (Å²) in [6.45, 7) is 0.611. The second-order valence-electron chi connectivity index (χ2n) is 4.32. The van der Waals surface area contributed by atoms with E-state index in [0.717, 1.165) is 11.1 Å². The fraction of sp³-hybridized carbons (Fsp3) is 0.200. The first-order chi connectivity index (χ1) is 8.32. The third kappa shape index (κ3) is 1.75. The van der Waals surface area contributed by atoms with Gasteiger partial charge in [0.1, 0.15) is 11.7 Å². The molecule has 0 bridgehead atoms. The summed E-state index contributed by atoms with van der Waals surface area (Å²) >= 11 is 0. The zero-order chi connectivity index (χ0) is 11.7. The van der Waals surface area contributed by atoms with Crippen LogP contribution in [0, 0.1) is 0 Å². The van der Waals surface area contributed by atoms with E-state index >= 15 is 0 Å². The zero-order valence-corrected chi connectivity index (χ0v) is 9.41. The number of ether oxygens (including phenoxy) is 1. The standard InChI is InChI=1S/C15H14O2/c16-15(14-11-17-14,12-7-3-1-4-8-12)13-9-5-2-6-10-13/h1-10,14,16H,11H2. The number of benzene rings is 2. The van der Waals surface area contributed by atoms with E-state index in [1.165, 1.54) is 0 Å². The van der Waals surface area contributed by atoms with Crippen LogP contribution in [0.25, 0.3) is 0 Å². The van der Waals surface area contributed by atoms with Crippen LogP contribution in [0.1, 0.15) is 11.1 Å². The SMILES string of the molecule is OC(c1ccccc1)(c1ccccc1)C1CO1. The number of rotatable bonds is 3. The molecule has 86 valence electrons. The minimum Gasteiger partial charge on any atom is -0.378 e. The second-order valence-corrected chi connectivity index (χ2v) is 4.32. The van der Waals surface area contributed by atoms with E-state index in [2.05, 4.69) is 0 Å². The third-order valence-electron chi connectivity index (χ3n) is 3.23. The van der Waals surface area contributed by atoms with Crippen molar-refractivity contribution < 1.29 is 9.84 Å². The Morgan fingerprint density at radius 2 is 1.29 bits per heavy atom. The minimum absolute atomic E-state index is 0.132. The monoisotopic (exact) mass is 226 g/mol. The molecule has 17 heavy (non-hydrogen) atoms. The van der Waals surface area contributed by atoms with Gasteiger partial charge in [0.05, 0.1) is 6.61 Å². The molecule has 1 heterocycles. The molecule has 1 atom stereocenters. The molecule has 0 aromatic heterocycles. The molecule has 1 saturated heterocycles. The van der Waals surface area contributed by atoms with Crippen LogP contribution in [0.4, 0.5) is 0 Å². The van der Waals surface area contributed by atoms with Crippen LogP contribution in [0.2, 0.25) is 0 Å². The van der Waals surface area contributed by atoms with E-state index in [-0.39, 0.29) is 6.10 Å². The van der Waals surface area contributed by atoms with Crippen LogP contribution in [0.15, 0.2) is 60.7 Å². The van der Waals surface area contributed by atoms with Gasteiger partial charge < -0.3 is 9.84 Å². The van der Waals surface area contributed by atoms with Crippen LogP contribution >= 0.6 is 0 Å². The molecule has 0 amide bonds. The van der Waals surface area contributed by atoms with Gasteiger partial charge in [0, 0.05) is 0 Å². The molecule has 2 aromatic carbocycles. The average molecular weight is 226 g/mol. The summed E-state index contributed by atoms with van der Waals surface area (Å²) in [6.07, 6.45) is -0.132. The topological polar surface area (TPSA) is 32.8 Å². The highest BCUT2D eigenvalue weighted by molar-refractivity contribution is 5.38. The van der Waals surface area contributed by atoms with E-state index in [9.17, 15) is 5.11 Å². The summed E-state index contributed by atoms with van der Waals surface area (Å²) in [5.41, 5.74) is 0.741. The quantitative estimate of drug-likeness (QED) is 0.815. The van der Waals surface area contributed by atoms with Gasteiger partial charge >= 0.3 is 0 Å². The van der Waals surface area contributed by atoms with Crippen molar-refractivity contribution in [2.24, 2.45) is 0 Å². The molecule has 2 aromatic rings. The third-order valence-corrected chi connectivity index (χ3v) is 3.23. The van der Waals surface area contributed by atoms with Crippen molar-refractivity contribution in [2.75, 3.05) is 6.61 Å². The van der Waals surface area contributed by atoms with Crippen molar-refractivity contribution in [2.45, 2.75) is 11.7 Å². The normalized spacial score (nSPS) is 19.0. The fourth-order valence-electron chi connectivity index (χ4n) is 2.21. The van der Waals surface area contributed by atoms with Gasteiger partial charge in [-0.15, -0.1) is 0 Å². The van der Waals surface area contributed by atoms with E-state index < -0.39 is 5.60 Å². The van der Waals surface area contributed by atoms with E-state index in [1.54, 1.807) is 0 Å². The Labute approximate surface area is 100 Å². The van der Waals surface area contributed by atoms with E-state index in [1.807, 2.05) is 60.7 Å². The van der Waals surface area contributed by atoms with Crippen molar-refractivity contribution in [3.05, 3.63) is 71.8 Å². The predicted molar refractivity (Wildman–Crippen MR) is 65.6 cm³/mol. The highest BCUT2D eigenvalue weighted by atomic mass is 16.6. The first-order valence-electron chi connectivity index (χ1n) is 5.77. The second kappa shape index (κ2) is 3.99. The lowest BCUT2D eigenvalue weighted by atomic mass is 9.84. The number of aliphatic hydroxyl groups is 1. The van der Waals surface area contributed by atoms with Crippen molar-refractivity contribution in [3.63, 3.8) is 0 Å². The summed E-state index contributed by atoms with van der Waals surface area (Å²) in [7, 11) is 0. The Kier molecular flexibility index (Phi) is 2.46.